The summed E-state index contributed by atoms with van der Waals surface area (Å²) in [5, 5.41) is 2.81. The first kappa shape index (κ1) is 13.8. The number of nitrogens with two attached hydrogens (primary N) is 1. The van der Waals surface area contributed by atoms with Crippen molar-refractivity contribution in [3.8, 4) is 0 Å². The van der Waals surface area contributed by atoms with Gasteiger partial charge in [0.2, 0.25) is 5.91 Å². The summed E-state index contributed by atoms with van der Waals surface area (Å²) in [6.07, 6.45) is 0. The molecule has 19 heavy (non-hydrogen) atoms. The highest BCUT2D eigenvalue weighted by atomic mass is 19.1. The zero-order valence-electron chi connectivity index (χ0n) is 11.5. The predicted octanol–water partition coefficient (Wildman–Crippen LogP) is 1.56. The molecular formula is C14H20FN3O. The molecule has 0 radical (unpaired) electrons. The van der Waals surface area contributed by atoms with Crippen molar-refractivity contribution in [2.75, 3.05) is 18.0 Å². The van der Waals surface area contributed by atoms with Gasteiger partial charge in [0, 0.05) is 19.1 Å². The first-order chi connectivity index (χ1) is 8.85. The Morgan fingerprint density at radius 1 is 1.47 bits per heavy atom. The number of hydrogen-bond acceptors (Lipinski definition) is 3. The van der Waals surface area contributed by atoms with E-state index in [1.807, 2.05) is 13.0 Å². The molecule has 0 spiro atoms. The van der Waals surface area contributed by atoms with Crippen molar-refractivity contribution in [2.45, 2.75) is 32.4 Å². The molecule has 5 heteroatoms. The van der Waals surface area contributed by atoms with Crippen LogP contribution in [0.4, 0.5) is 10.1 Å². The molecule has 1 aliphatic rings. The van der Waals surface area contributed by atoms with E-state index >= 15 is 0 Å². The lowest BCUT2D eigenvalue weighted by atomic mass is 9.95. The van der Waals surface area contributed by atoms with E-state index in [1.165, 1.54) is 6.07 Å². The summed E-state index contributed by atoms with van der Waals surface area (Å²) >= 11 is 0. The summed E-state index contributed by atoms with van der Waals surface area (Å²) in [6.45, 7) is 6.47. The number of anilines is 1. The van der Waals surface area contributed by atoms with Gasteiger partial charge in [-0.3, -0.25) is 4.79 Å². The summed E-state index contributed by atoms with van der Waals surface area (Å²) in [5.41, 5.74) is 6.30. The van der Waals surface area contributed by atoms with E-state index in [9.17, 15) is 9.18 Å². The van der Waals surface area contributed by atoms with Crippen LogP contribution in [0.3, 0.4) is 0 Å². The summed E-state index contributed by atoms with van der Waals surface area (Å²) in [7, 11) is 0. The molecule has 0 aromatic heterocycles. The molecule has 0 aliphatic carbocycles. The third-order valence-electron chi connectivity index (χ3n) is 3.63. The Labute approximate surface area is 112 Å². The number of rotatable bonds is 2. The molecule has 1 aromatic rings. The number of piperazine rings is 1. The molecule has 3 N–H and O–H groups in total. The number of carbonyl (C=O) groups is 1. The molecule has 1 atom stereocenters. The van der Waals surface area contributed by atoms with Gasteiger partial charge in [-0.2, -0.15) is 0 Å². The highest BCUT2D eigenvalue weighted by molar-refractivity contribution is 5.90. The van der Waals surface area contributed by atoms with Crippen LogP contribution in [0.5, 0.6) is 0 Å². The summed E-state index contributed by atoms with van der Waals surface area (Å²) in [4.78, 5) is 13.8. The van der Waals surface area contributed by atoms with Crippen LogP contribution >= 0.6 is 0 Å². The third-order valence-corrected chi connectivity index (χ3v) is 3.63. The van der Waals surface area contributed by atoms with Gasteiger partial charge in [0.25, 0.3) is 0 Å². The van der Waals surface area contributed by atoms with Crippen molar-refractivity contribution < 1.29 is 9.18 Å². The lowest BCUT2D eigenvalue weighted by Gasteiger charge is -2.44. The predicted molar refractivity (Wildman–Crippen MR) is 73.4 cm³/mol. The molecule has 1 heterocycles. The van der Waals surface area contributed by atoms with Crippen LogP contribution < -0.4 is 16.0 Å². The van der Waals surface area contributed by atoms with Crippen LogP contribution in [0, 0.1) is 5.82 Å². The maximum Gasteiger partial charge on any atom is 0.245 e. The number of hydrogen-bond donors (Lipinski definition) is 2. The van der Waals surface area contributed by atoms with Crippen molar-refractivity contribution in [2.24, 2.45) is 5.73 Å². The van der Waals surface area contributed by atoms with Crippen LogP contribution in [-0.2, 0) is 4.79 Å². The van der Waals surface area contributed by atoms with Gasteiger partial charge in [0.05, 0.1) is 5.69 Å². The van der Waals surface area contributed by atoms with Crippen LogP contribution in [0.25, 0.3) is 0 Å². The highest BCUT2D eigenvalue weighted by Gasteiger charge is 2.39. The molecule has 1 saturated heterocycles. The van der Waals surface area contributed by atoms with Crippen molar-refractivity contribution in [1.82, 2.24) is 5.32 Å². The molecule has 1 aromatic carbocycles. The summed E-state index contributed by atoms with van der Waals surface area (Å²) < 4.78 is 14.2. The summed E-state index contributed by atoms with van der Waals surface area (Å²) in [6, 6.07) is 4.58. The van der Waals surface area contributed by atoms with Crippen molar-refractivity contribution in [3.63, 3.8) is 0 Å². The van der Waals surface area contributed by atoms with Crippen LogP contribution in [0.1, 0.15) is 32.4 Å². The van der Waals surface area contributed by atoms with E-state index < -0.39 is 5.54 Å². The monoisotopic (exact) mass is 265 g/mol. The van der Waals surface area contributed by atoms with Crippen LogP contribution in [0.15, 0.2) is 18.2 Å². The highest BCUT2D eigenvalue weighted by Crippen LogP contribution is 2.34. The number of nitrogens with zero attached hydrogens (tertiary/aromatic N) is 1. The second kappa shape index (κ2) is 4.81. The lowest BCUT2D eigenvalue weighted by Crippen LogP contribution is -2.62. The fourth-order valence-corrected chi connectivity index (χ4v) is 2.48. The lowest BCUT2D eigenvalue weighted by molar-refractivity contribution is -0.126. The Kier molecular flexibility index (Phi) is 3.49. The minimum Gasteiger partial charge on any atom is -0.353 e. The smallest absolute Gasteiger partial charge is 0.245 e. The maximum absolute atomic E-state index is 14.2. The molecule has 1 unspecified atom stereocenters. The number of nitrogens with one attached hydrogen (secondary N) is 1. The van der Waals surface area contributed by atoms with Crippen LogP contribution in [-0.4, -0.2) is 24.5 Å². The summed E-state index contributed by atoms with van der Waals surface area (Å²) in [5.74, 6) is -0.435. The Bertz CT molecular complexity index is 499. The van der Waals surface area contributed by atoms with Crippen molar-refractivity contribution in [3.05, 3.63) is 29.6 Å². The second-order valence-corrected chi connectivity index (χ2v) is 5.43. The Morgan fingerprint density at radius 3 is 2.79 bits per heavy atom. The van der Waals surface area contributed by atoms with Gasteiger partial charge in [-0.05, 0) is 32.4 Å². The molecule has 1 aliphatic heterocycles. The Hall–Kier alpha value is -1.62. The minimum absolute atomic E-state index is 0.0994. The molecule has 0 saturated carbocycles. The molecule has 1 fully saturated rings. The van der Waals surface area contributed by atoms with E-state index in [1.54, 1.807) is 24.8 Å². The average molecular weight is 265 g/mol. The van der Waals surface area contributed by atoms with Gasteiger partial charge in [0.1, 0.15) is 11.4 Å². The SMILES string of the molecule is CC(N)c1cccc(F)c1N1CCNC(=O)C1(C)C. The normalized spacial score (nSPS) is 20.1. The molecule has 0 bridgehead atoms. The third kappa shape index (κ3) is 2.30. The van der Waals surface area contributed by atoms with Gasteiger partial charge in [0.15, 0.2) is 0 Å². The second-order valence-electron chi connectivity index (χ2n) is 5.43. The average Bonchev–Trinajstić information content (AvgIpc) is 2.33. The number of carbonyl (C=O) groups excluding carboxylic acids is 1. The minimum atomic E-state index is -0.788. The largest absolute Gasteiger partial charge is 0.353 e. The topological polar surface area (TPSA) is 58.4 Å². The number of halogens is 1. The molecule has 2 rings (SSSR count). The molecular weight excluding hydrogens is 245 g/mol. The van der Waals surface area contributed by atoms with Crippen LogP contribution in [0.2, 0.25) is 0 Å². The van der Waals surface area contributed by atoms with Gasteiger partial charge in [-0.15, -0.1) is 0 Å². The van der Waals surface area contributed by atoms with E-state index in [0.29, 0.717) is 18.8 Å². The molecule has 1 amide bonds. The number of para-hydroxylation sites is 1. The van der Waals surface area contributed by atoms with Crippen molar-refractivity contribution >= 4 is 11.6 Å². The first-order valence-electron chi connectivity index (χ1n) is 6.45. The fourth-order valence-electron chi connectivity index (χ4n) is 2.48. The van der Waals surface area contributed by atoms with E-state index in [-0.39, 0.29) is 17.8 Å². The van der Waals surface area contributed by atoms with Gasteiger partial charge in [-0.1, -0.05) is 12.1 Å². The van der Waals surface area contributed by atoms with E-state index in [2.05, 4.69) is 5.32 Å². The zero-order chi connectivity index (χ0) is 14.2. The first-order valence-corrected chi connectivity index (χ1v) is 6.45. The fraction of sp³-hybridized carbons (Fsp3) is 0.500. The molecule has 104 valence electrons. The van der Waals surface area contributed by atoms with Gasteiger partial charge in [-0.25, -0.2) is 4.39 Å². The van der Waals surface area contributed by atoms with E-state index in [4.69, 9.17) is 5.73 Å². The zero-order valence-corrected chi connectivity index (χ0v) is 11.5. The van der Waals surface area contributed by atoms with E-state index in [0.717, 1.165) is 5.56 Å². The number of benzene rings is 1. The molecule has 4 nitrogen and oxygen atoms in total. The number of amides is 1. The maximum atomic E-state index is 14.2. The van der Waals surface area contributed by atoms with Gasteiger partial charge < -0.3 is 16.0 Å². The van der Waals surface area contributed by atoms with Crippen molar-refractivity contribution in [1.29, 1.82) is 0 Å². The Balaban J connectivity index is 2.54. The standard InChI is InChI=1S/C14H20FN3O/c1-9(16)10-5-4-6-11(15)12(10)18-8-7-17-13(19)14(18,2)3/h4-6,9H,7-8,16H2,1-3H3,(H,17,19). The quantitative estimate of drug-likeness (QED) is 0.853. The van der Waals surface area contributed by atoms with Gasteiger partial charge >= 0.3 is 0 Å². The Morgan fingerprint density at radius 2 is 2.16 bits per heavy atom.